The monoisotopic (exact) mass is 413 g/mol. The maximum Gasteiger partial charge on any atom is 0.229 e. The van der Waals surface area contributed by atoms with Crippen LogP contribution in [-0.4, -0.2) is 41.2 Å². The predicted octanol–water partition coefficient (Wildman–Crippen LogP) is 4.83. The topological polar surface area (TPSA) is 49.8 Å². The van der Waals surface area contributed by atoms with Crippen LogP contribution in [0.1, 0.15) is 77.0 Å². The molecule has 6 atom stereocenters. The fourth-order valence-corrected chi connectivity index (χ4v) is 7.49. The molecule has 4 fully saturated rings. The van der Waals surface area contributed by atoms with Gasteiger partial charge in [-0.05, 0) is 93.6 Å². The maximum atomic E-state index is 13.5. The Morgan fingerprint density at radius 3 is 2.83 bits per heavy atom. The van der Waals surface area contributed by atoms with Crippen LogP contribution in [0.3, 0.4) is 0 Å². The third-order valence-electron chi connectivity index (χ3n) is 8.94. The summed E-state index contributed by atoms with van der Waals surface area (Å²) in [6.45, 7) is 0.791. The van der Waals surface area contributed by atoms with Crippen molar-refractivity contribution in [2.75, 3.05) is 13.7 Å². The molecule has 0 aromatic heterocycles. The number of allylic oxidation sites excluding steroid dienone is 2. The molecule has 0 heterocycles. The van der Waals surface area contributed by atoms with Crippen molar-refractivity contribution >= 4 is 5.91 Å². The molecular weight excluding hydrogens is 374 g/mol. The quantitative estimate of drug-likeness (QED) is 0.702. The zero-order valence-corrected chi connectivity index (χ0v) is 18.6. The minimum absolute atomic E-state index is 0.109. The summed E-state index contributed by atoms with van der Waals surface area (Å²) in [5, 5.41) is 11.0. The van der Waals surface area contributed by atoms with Crippen molar-refractivity contribution in [2.24, 2.45) is 29.6 Å². The summed E-state index contributed by atoms with van der Waals surface area (Å²) in [6.07, 6.45) is 19.9. The molecular formula is C26H39NO3. The van der Waals surface area contributed by atoms with Gasteiger partial charge in [-0.3, -0.25) is 4.79 Å². The third-order valence-corrected chi connectivity index (χ3v) is 8.94. The van der Waals surface area contributed by atoms with Gasteiger partial charge in [0.15, 0.2) is 0 Å². The Kier molecular flexibility index (Phi) is 5.72. The van der Waals surface area contributed by atoms with Crippen LogP contribution in [0.15, 0.2) is 24.0 Å². The molecule has 1 N–H and O–H groups in total. The smallest absolute Gasteiger partial charge is 0.229 e. The molecule has 0 aromatic rings. The first-order valence-corrected chi connectivity index (χ1v) is 12.5. The van der Waals surface area contributed by atoms with Crippen LogP contribution in [0.2, 0.25) is 0 Å². The van der Waals surface area contributed by atoms with Gasteiger partial charge in [-0.15, -0.1) is 0 Å². The van der Waals surface area contributed by atoms with Gasteiger partial charge in [-0.2, -0.15) is 0 Å². The van der Waals surface area contributed by atoms with Crippen molar-refractivity contribution in [1.29, 1.82) is 0 Å². The van der Waals surface area contributed by atoms with Crippen LogP contribution < -0.4 is 0 Å². The average Bonchev–Trinajstić information content (AvgIpc) is 2.92. The Labute approximate surface area is 181 Å². The first-order chi connectivity index (χ1) is 14.5. The minimum Gasteiger partial charge on any atom is -0.494 e. The molecule has 4 nitrogen and oxygen atoms in total. The summed E-state index contributed by atoms with van der Waals surface area (Å²) >= 11 is 0. The molecule has 166 valence electrons. The summed E-state index contributed by atoms with van der Waals surface area (Å²) in [4.78, 5) is 15.5. The number of carbonyl (C=O) groups excluding carboxylic acids is 1. The van der Waals surface area contributed by atoms with Crippen LogP contribution in [0.5, 0.6) is 0 Å². The number of aliphatic hydroxyl groups is 1. The summed E-state index contributed by atoms with van der Waals surface area (Å²) in [5.41, 5.74) is -0.450. The lowest BCUT2D eigenvalue weighted by Gasteiger charge is -2.37. The van der Waals surface area contributed by atoms with E-state index >= 15 is 0 Å². The summed E-state index contributed by atoms with van der Waals surface area (Å²) in [5.74, 6) is 3.42. The maximum absolute atomic E-state index is 13.5. The lowest BCUT2D eigenvalue weighted by Crippen LogP contribution is -2.45. The molecule has 0 aromatic carbocycles. The number of nitrogens with zero attached hydrogens (tertiary/aromatic N) is 1. The van der Waals surface area contributed by atoms with Crippen LogP contribution >= 0.6 is 0 Å². The minimum atomic E-state index is -0.450. The van der Waals surface area contributed by atoms with Gasteiger partial charge in [0.25, 0.3) is 0 Å². The van der Waals surface area contributed by atoms with Crippen molar-refractivity contribution in [3.05, 3.63) is 24.0 Å². The summed E-state index contributed by atoms with van der Waals surface area (Å²) < 4.78 is 6.12. The number of ether oxygens (including phenoxy) is 1. The van der Waals surface area contributed by atoms with Crippen LogP contribution in [0.25, 0.3) is 0 Å². The molecule has 0 aliphatic heterocycles. The fourth-order valence-electron chi connectivity index (χ4n) is 7.49. The number of rotatable bonds is 5. The number of amides is 1. The second-order valence-corrected chi connectivity index (χ2v) is 11.1. The zero-order chi connectivity index (χ0) is 20.7. The van der Waals surface area contributed by atoms with E-state index in [1.54, 1.807) is 0 Å². The lowest BCUT2D eigenvalue weighted by atomic mass is 9.77. The van der Waals surface area contributed by atoms with Crippen molar-refractivity contribution in [2.45, 2.75) is 88.7 Å². The highest BCUT2D eigenvalue weighted by molar-refractivity contribution is 5.81. The highest BCUT2D eigenvalue weighted by Gasteiger charge is 2.54. The van der Waals surface area contributed by atoms with Crippen molar-refractivity contribution in [1.82, 2.24) is 4.90 Å². The molecule has 0 spiro atoms. The molecule has 4 saturated carbocycles. The van der Waals surface area contributed by atoms with Gasteiger partial charge >= 0.3 is 0 Å². The molecule has 0 radical (unpaired) electrons. The fraction of sp³-hybridized carbons (Fsp3) is 0.808. The normalized spacial score (nSPS) is 40.7. The predicted molar refractivity (Wildman–Crippen MR) is 118 cm³/mol. The van der Waals surface area contributed by atoms with Gasteiger partial charge in [0, 0.05) is 13.1 Å². The molecule has 0 saturated heterocycles. The van der Waals surface area contributed by atoms with Gasteiger partial charge in [-0.25, -0.2) is 0 Å². The summed E-state index contributed by atoms with van der Waals surface area (Å²) in [6, 6.07) is 0.285. The Bertz CT molecular complexity index is 709. The molecule has 5 aliphatic carbocycles. The van der Waals surface area contributed by atoms with Gasteiger partial charge in [-0.1, -0.05) is 25.3 Å². The van der Waals surface area contributed by atoms with Gasteiger partial charge < -0.3 is 14.7 Å². The number of hydrogen-bond donors (Lipinski definition) is 1. The van der Waals surface area contributed by atoms with E-state index in [2.05, 4.69) is 17.1 Å². The average molecular weight is 414 g/mol. The largest absolute Gasteiger partial charge is 0.494 e. The Morgan fingerprint density at radius 1 is 1.17 bits per heavy atom. The standard InChI is InChI=1S/C26H39NO3/c1-27(24-11-10-19-12-21-15-26(29,14-19)16-23(21)24)25(28)20-8-5-9-22(13-20)30-17-18-6-3-2-4-7-18/h5,9,13,18-21,23-24,29H,2-4,6-8,10-12,14-17H2,1H3. The van der Waals surface area contributed by atoms with E-state index in [4.69, 9.17) is 4.74 Å². The van der Waals surface area contributed by atoms with E-state index in [1.807, 2.05) is 13.1 Å². The van der Waals surface area contributed by atoms with E-state index in [0.29, 0.717) is 23.7 Å². The highest BCUT2D eigenvalue weighted by atomic mass is 16.5. The highest BCUT2D eigenvalue weighted by Crippen LogP contribution is 2.56. The Morgan fingerprint density at radius 2 is 2.00 bits per heavy atom. The first kappa shape index (κ1) is 20.6. The first-order valence-electron chi connectivity index (χ1n) is 12.5. The van der Waals surface area contributed by atoms with Gasteiger partial charge in [0.1, 0.15) is 5.76 Å². The molecule has 5 aliphatic rings. The van der Waals surface area contributed by atoms with Gasteiger partial charge in [0.05, 0.1) is 18.1 Å². The van der Waals surface area contributed by atoms with E-state index < -0.39 is 5.60 Å². The van der Waals surface area contributed by atoms with E-state index in [9.17, 15) is 9.90 Å². The molecule has 6 unspecified atom stereocenters. The molecule has 1 amide bonds. The van der Waals surface area contributed by atoms with Gasteiger partial charge in [0.2, 0.25) is 5.91 Å². The number of hydrogen-bond acceptors (Lipinski definition) is 3. The van der Waals surface area contributed by atoms with Crippen molar-refractivity contribution in [3.8, 4) is 0 Å². The lowest BCUT2D eigenvalue weighted by molar-refractivity contribution is -0.136. The van der Waals surface area contributed by atoms with E-state index in [1.165, 1.54) is 38.5 Å². The molecule has 3 bridgehead atoms. The Balaban J connectivity index is 1.22. The van der Waals surface area contributed by atoms with Crippen LogP contribution in [0.4, 0.5) is 0 Å². The van der Waals surface area contributed by atoms with E-state index in [-0.39, 0.29) is 17.9 Å². The molecule has 5 rings (SSSR count). The molecule has 30 heavy (non-hydrogen) atoms. The SMILES string of the molecule is CN(C(=O)C1C=C(OCC2CCCCC2)C=CC1)C1CCC2CC3CC(O)(C2)CC31. The van der Waals surface area contributed by atoms with Crippen LogP contribution in [0, 0.1) is 29.6 Å². The zero-order valence-electron chi connectivity index (χ0n) is 18.6. The van der Waals surface area contributed by atoms with E-state index in [0.717, 1.165) is 50.9 Å². The second-order valence-electron chi connectivity index (χ2n) is 11.1. The Hall–Kier alpha value is -1.29. The number of fused-ring (bicyclic) bond motifs is 2. The van der Waals surface area contributed by atoms with Crippen molar-refractivity contribution in [3.63, 3.8) is 0 Å². The third kappa shape index (κ3) is 4.09. The summed E-state index contributed by atoms with van der Waals surface area (Å²) in [7, 11) is 2.01. The number of carbonyl (C=O) groups is 1. The molecule has 4 heteroatoms. The van der Waals surface area contributed by atoms with Crippen molar-refractivity contribution < 1.29 is 14.6 Å². The second kappa shape index (κ2) is 8.33. The van der Waals surface area contributed by atoms with Crippen LogP contribution in [-0.2, 0) is 9.53 Å².